The van der Waals surface area contributed by atoms with Crippen molar-refractivity contribution in [1.82, 2.24) is 0 Å². The molecule has 6 aromatic rings. The fourth-order valence-electron chi connectivity index (χ4n) is 7.15. The van der Waals surface area contributed by atoms with Gasteiger partial charge < -0.3 is 18.9 Å². The van der Waals surface area contributed by atoms with E-state index in [1.807, 2.05) is 70.2 Å². The predicted octanol–water partition coefficient (Wildman–Crippen LogP) is 11.4. The van der Waals surface area contributed by atoms with Crippen LogP contribution < -0.4 is 18.9 Å². The number of rotatable bonds is 12. The zero-order chi connectivity index (χ0) is 43.5. The molecule has 8 nitrogen and oxygen atoms in total. The molecule has 0 saturated heterocycles. The number of carbonyl (C=O) groups is 4. The quantitative estimate of drug-likeness (QED) is 0.0684. The summed E-state index contributed by atoms with van der Waals surface area (Å²) in [5.74, 6) is 0.326. The molecule has 0 atom stereocenters. The second-order valence-electron chi connectivity index (χ2n) is 16.3. The number of hydrogen-bond acceptors (Lipinski definition) is 8. The van der Waals surface area contributed by atoms with E-state index in [-0.39, 0.29) is 22.3 Å². The monoisotopic (exact) mass is 802 g/mol. The van der Waals surface area contributed by atoms with E-state index >= 15 is 0 Å². The topological polar surface area (TPSA) is 105 Å². The van der Waals surface area contributed by atoms with Crippen LogP contribution in [0.1, 0.15) is 121 Å². The first-order chi connectivity index (χ1) is 28.4. The molecule has 0 spiro atoms. The summed E-state index contributed by atoms with van der Waals surface area (Å²) in [7, 11) is 1.66. The Bertz CT molecular complexity index is 2630. The normalized spacial score (nSPS) is 11.4. The van der Waals surface area contributed by atoms with Gasteiger partial charge in [0.15, 0.2) is 5.78 Å². The van der Waals surface area contributed by atoms with E-state index in [0.717, 1.165) is 50.3 Å². The minimum atomic E-state index is -0.605. The third-order valence-corrected chi connectivity index (χ3v) is 11.3. The molecule has 6 rings (SSSR count). The highest BCUT2D eigenvalue weighted by Crippen LogP contribution is 2.38. The minimum absolute atomic E-state index is 0.0768. The maximum Gasteiger partial charge on any atom is 0.343 e. The Morgan fingerprint density at radius 1 is 0.400 bits per heavy atom. The highest BCUT2D eigenvalue weighted by Gasteiger charge is 2.27. The number of benzene rings is 6. The van der Waals surface area contributed by atoms with Crippen LogP contribution in [0.5, 0.6) is 23.0 Å². The van der Waals surface area contributed by atoms with Crippen LogP contribution in [0.4, 0.5) is 0 Å². The summed E-state index contributed by atoms with van der Waals surface area (Å²) >= 11 is 0. The second-order valence-corrected chi connectivity index (χ2v) is 16.3. The molecule has 0 aliphatic heterocycles. The minimum Gasteiger partial charge on any atom is -0.496 e. The van der Waals surface area contributed by atoms with Crippen molar-refractivity contribution in [2.75, 3.05) is 7.11 Å². The van der Waals surface area contributed by atoms with Crippen LogP contribution in [0.3, 0.4) is 0 Å². The first kappa shape index (κ1) is 42.8. The highest BCUT2D eigenvalue weighted by atomic mass is 16.5. The molecule has 306 valence electrons. The van der Waals surface area contributed by atoms with Gasteiger partial charge in [0.2, 0.25) is 0 Å². The van der Waals surface area contributed by atoms with E-state index in [9.17, 15) is 19.2 Å². The molecular formula is C52H50O8. The molecule has 0 bridgehead atoms. The third kappa shape index (κ3) is 9.08. The fourth-order valence-corrected chi connectivity index (χ4v) is 7.15. The molecule has 0 aromatic heterocycles. The summed E-state index contributed by atoms with van der Waals surface area (Å²) in [6.07, 6.45) is 0. The van der Waals surface area contributed by atoms with Gasteiger partial charge in [-0.1, -0.05) is 94.4 Å². The Labute approximate surface area is 352 Å². The molecule has 0 aliphatic rings. The number of Topliss-reactive ketones (excluding diaryl/α,β-unsaturated/α-hetero) is 1. The van der Waals surface area contributed by atoms with Crippen molar-refractivity contribution in [2.45, 2.75) is 73.1 Å². The molecule has 0 heterocycles. The Hall–Kier alpha value is -6.80. The van der Waals surface area contributed by atoms with Crippen molar-refractivity contribution in [3.05, 3.63) is 188 Å². The van der Waals surface area contributed by atoms with Crippen molar-refractivity contribution in [1.29, 1.82) is 0 Å². The number of methoxy groups -OCH3 is 1. The van der Waals surface area contributed by atoms with Gasteiger partial charge in [0.1, 0.15) is 23.0 Å². The molecular weight excluding hydrogens is 753 g/mol. The largest absolute Gasteiger partial charge is 0.496 e. The summed E-state index contributed by atoms with van der Waals surface area (Å²) in [6, 6.07) is 36.0. The van der Waals surface area contributed by atoms with Gasteiger partial charge in [-0.2, -0.15) is 0 Å². The van der Waals surface area contributed by atoms with Gasteiger partial charge in [-0.3, -0.25) is 4.79 Å². The first-order valence-corrected chi connectivity index (χ1v) is 19.7. The smallest absolute Gasteiger partial charge is 0.343 e. The van der Waals surface area contributed by atoms with Crippen LogP contribution in [0.25, 0.3) is 0 Å². The first-order valence-electron chi connectivity index (χ1n) is 19.7. The predicted molar refractivity (Wildman–Crippen MR) is 233 cm³/mol. The van der Waals surface area contributed by atoms with Crippen LogP contribution in [0.2, 0.25) is 0 Å². The molecule has 6 aromatic carbocycles. The Morgan fingerprint density at radius 2 is 0.717 bits per heavy atom. The van der Waals surface area contributed by atoms with E-state index < -0.39 is 23.3 Å². The molecule has 0 aliphatic carbocycles. The van der Waals surface area contributed by atoms with Crippen LogP contribution in [0.15, 0.2) is 121 Å². The molecule has 0 fully saturated rings. The molecule has 0 N–H and O–H groups in total. The van der Waals surface area contributed by atoms with E-state index in [1.165, 1.54) is 13.0 Å². The van der Waals surface area contributed by atoms with Crippen molar-refractivity contribution >= 4 is 23.7 Å². The van der Waals surface area contributed by atoms with Crippen molar-refractivity contribution in [3.63, 3.8) is 0 Å². The number of hydrogen-bond donors (Lipinski definition) is 0. The van der Waals surface area contributed by atoms with Gasteiger partial charge in [0.25, 0.3) is 0 Å². The van der Waals surface area contributed by atoms with Crippen molar-refractivity contribution < 1.29 is 38.1 Å². The van der Waals surface area contributed by atoms with Gasteiger partial charge in [-0.15, -0.1) is 0 Å². The Kier molecular flexibility index (Phi) is 12.3. The lowest BCUT2D eigenvalue weighted by molar-refractivity contribution is 0.0720. The molecule has 8 heteroatoms. The molecule has 0 saturated carbocycles. The number of esters is 3. The summed E-state index contributed by atoms with van der Waals surface area (Å²) in [5, 5.41) is 0. The fraction of sp³-hybridized carbons (Fsp3) is 0.231. The SMILES string of the molecule is COc1ccc(C(C)(C)c2ccc(OC(=O)c3cccc(C(=O)Oc4ccc(C(C)(C)c5ccc(OC(=O)c6ccc(C(C)=O)cc6)c(C)c5)cc4C)c3)c(C)c2)cc1C. The van der Waals surface area contributed by atoms with E-state index in [1.54, 1.807) is 67.8 Å². The van der Waals surface area contributed by atoms with Gasteiger partial charge in [0, 0.05) is 16.4 Å². The van der Waals surface area contributed by atoms with Gasteiger partial charge >= 0.3 is 17.9 Å². The molecule has 0 unspecified atom stereocenters. The Balaban J connectivity index is 1.10. The van der Waals surface area contributed by atoms with Gasteiger partial charge in [-0.05, 0) is 134 Å². The molecule has 60 heavy (non-hydrogen) atoms. The summed E-state index contributed by atoms with van der Waals surface area (Å²) in [5.41, 5.74) is 8.13. The van der Waals surface area contributed by atoms with Crippen LogP contribution in [-0.2, 0) is 10.8 Å². The Morgan fingerprint density at radius 3 is 1.03 bits per heavy atom. The third-order valence-electron chi connectivity index (χ3n) is 11.3. The number of ketones is 1. The summed E-state index contributed by atoms with van der Waals surface area (Å²) in [6.45, 7) is 17.7. The molecule has 0 radical (unpaired) electrons. The molecule has 0 amide bonds. The van der Waals surface area contributed by atoms with E-state index in [2.05, 4.69) is 39.8 Å². The van der Waals surface area contributed by atoms with Crippen LogP contribution in [0, 0.1) is 27.7 Å². The number of carbonyl (C=O) groups excluding carboxylic acids is 4. The summed E-state index contributed by atoms with van der Waals surface area (Å²) < 4.78 is 22.8. The van der Waals surface area contributed by atoms with Crippen molar-refractivity contribution in [2.24, 2.45) is 0 Å². The average Bonchev–Trinajstić information content (AvgIpc) is 3.22. The maximum atomic E-state index is 13.4. The second kappa shape index (κ2) is 17.2. The number of ether oxygens (including phenoxy) is 4. The highest BCUT2D eigenvalue weighted by molar-refractivity contribution is 5.97. The lowest BCUT2D eigenvalue weighted by Crippen LogP contribution is -2.20. The van der Waals surface area contributed by atoms with E-state index in [0.29, 0.717) is 28.4 Å². The van der Waals surface area contributed by atoms with Crippen LogP contribution in [-0.4, -0.2) is 30.8 Å². The lowest BCUT2D eigenvalue weighted by atomic mass is 9.77. The maximum absolute atomic E-state index is 13.4. The number of aryl methyl sites for hydroxylation is 4. The zero-order valence-electron chi connectivity index (χ0n) is 35.8. The summed E-state index contributed by atoms with van der Waals surface area (Å²) in [4.78, 5) is 51.2. The van der Waals surface area contributed by atoms with E-state index in [4.69, 9.17) is 18.9 Å². The van der Waals surface area contributed by atoms with Crippen molar-refractivity contribution in [3.8, 4) is 23.0 Å². The van der Waals surface area contributed by atoms with Gasteiger partial charge in [-0.25, -0.2) is 14.4 Å². The lowest BCUT2D eigenvalue weighted by Gasteiger charge is -2.27. The van der Waals surface area contributed by atoms with Crippen LogP contribution >= 0.6 is 0 Å². The zero-order valence-corrected chi connectivity index (χ0v) is 35.8. The standard InChI is InChI=1S/C52H50O8/c1-31-26-40(18-22-44(31)57-10)51(6,7)41-20-24-46(33(3)28-41)59-49(55)38-12-11-13-39(30-38)50(56)60-47-25-21-43(29-34(47)4)52(8,9)42-19-23-45(32(2)27-42)58-48(54)37-16-14-36(15-17-37)35(5)53/h11-30H,1-10H3. The average molecular weight is 803 g/mol. The van der Waals surface area contributed by atoms with Gasteiger partial charge in [0.05, 0.1) is 23.8 Å².